The van der Waals surface area contributed by atoms with E-state index in [0.29, 0.717) is 0 Å². The zero-order chi connectivity index (χ0) is 14.8. The molecule has 1 rings (SSSR count). The Morgan fingerprint density at radius 1 is 1.53 bits per heavy atom. The van der Waals surface area contributed by atoms with Gasteiger partial charge in [-0.1, -0.05) is 11.6 Å². The number of benzene rings is 1. The molecular weight excluding hydrogens is 315 g/mol. The molecule has 1 aromatic carbocycles. The number of nitrogen functional groups attached to an aromatic ring is 1. The summed E-state index contributed by atoms with van der Waals surface area (Å²) in [6.07, 6.45) is 1.47. The van der Waals surface area contributed by atoms with Gasteiger partial charge >= 0.3 is 0 Å². The van der Waals surface area contributed by atoms with Crippen LogP contribution in [0.4, 0.5) is 10.1 Å². The molecule has 0 aliphatic rings. The molecule has 0 heterocycles. The lowest BCUT2D eigenvalue weighted by atomic mass is 10.3. The lowest BCUT2D eigenvalue weighted by molar-refractivity contribution is 0.569. The molecule has 0 fully saturated rings. The first-order valence-corrected chi connectivity index (χ1v) is 8.79. The minimum absolute atomic E-state index is 0.160. The average molecular weight is 329 g/mol. The fourth-order valence-electron chi connectivity index (χ4n) is 1.47. The molecule has 0 aromatic heterocycles. The molecule has 0 radical (unpaired) electrons. The van der Waals surface area contributed by atoms with Crippen molar-refractivity contribution in [3.8, 4) is 0 Å². The molecule has 0 spiro atoms. The third-order valence-corrected chi connectivity index (χ3v) is 5.21. The van der Waals surface area contributed by atoms with Gasteiger partial charge in [0.15, 0.2) is 0 Å². The smallest absolute Gasteiger partial charge is 0.242 e. The van der Waals surface area contributed by atoms with Crippen LogP contribution >= 0.6 is 11.6 Å². The van der Waals surface area contributed by atoms with E-state index in [1.54, 1.807) is 6.92 Å². The highest BCUT2D eigenvalue weighted by atomic mass is 35.5. The van der Waals surface area contributed by atoms with Crippen LogP contribution in [0.5, 0.6) is 0 Å². The summed E-state index contributed by atoms with van der Waals surface area (Å²) in [6, 6.07) is 1.25. The van der Waals surface area contributed by atoms with Crippen molar-refractivity contribution in [2.45, 2.75) is 17.9 Å². The van der Waals surface area contributed by atoms with Gasteiger partial charge in [0.2, 0.25) is 10.0 Å². The van der Waals surface area contributed by atoms with Gasteiger partial charge in [-0.15, -0.1) is 0 Å². The van der Waals surface area contributed by atoms with Crippen molar-refractivity contribution in [2.75, 3.05) is 17.7 Å². The van der Waals surface area contributed by atoms with Crippen LogP contribution in [0.1, 0.15) is 6.92 Å². The number of hydrogen-bond acceptors (Lipinski definition) is 4. The van der Waals surface area contributed by atoms with Crippen molar-refractivity contribution in [2.24, 2.45) is 0 Å². The molecule has 1 aromatic rings. The van der Waals surface area contributed by atoms with Crippen LogP contribution in [0.2, 0.25) is 5.02 Å². The summed E-state index contributed by atoms with van der Waals surface area (Å²) < 4.78 is 50.5. The number of halogens is 2. The minimum Gasteiger partial charge on any atom is -0.396 e. The fourth-order valence-corrected chi connectivity index (χ4v) is 4.15. The van der Waals surface area contributed by atoms with Gasteiger partial charge in [-0.25, -0.2) is 17.5 Å². The second kappa shape index (κ2) is 6.17. The molecule has 3 N–H and O–H groups in total. The summed E-state index contributed by atoms with van der Waals surface area (Å²) in [5.74, 6) is -0.625. The van der Waals surface area contributed by atoms with E-state index in [0.717, 1.165) is 12.1 Å². The van der Waals surface area contributed by atoms with Gasteiger partial charge in [0.1, 0.15) is 10.7 Å². The van der Waals surface area contributed by atoms with Gasteiger partial charge in [-0.05, 0) is 19.1 Å². The number of hydrogen-bond donors (Lipinski definition) is 2. The van der Waals surface area contributed by atoms with Crippen LogP contribution in [0.15, 0.2) is 17.0 Å². The molecule has 0 aliphatic heterocycles. The number of rotatable bonds is 5. The second-order valence-corrected chi connectivity index (χ2v) is 7.64. The van der Waals surface area contributed by atoms with Crippen molar-refractivity contribution in [1.82, 2.24) is 4.72 Å². The Bertz CT molecular complexity index is 607. The van der Waals surface area contributed by atoms with E-state index in [1.165, 1.54) is 6.26 Å². The SMILES string of the molecule is CC(CS(C)=O)NS(=O)(=O)c1cc(N)c(F)cc1Cl. The highest BCUT2D eigenvalue weighted by molar-refractivity contribution is 7.89. The Morgan fingerprint density at radius 3 is 2.63 bits per heavy atom. The third-order valence-electron chi connectivity index (χ3n) is 2.18. The predicted molar refractivity (Wildman–Crippen MR) is 74.5 cm³/mol. The number of nitrogens with one attached hydrogen (secondary N) is 1. The molecule has 19 heavy (non-hydrogen) atoms. The van der Waals surface area contributed by atoms with Crippen LogP contribution in [-0.2, 0) is 20.8 Å². The van der Waals surface area contributed by atoms with Gasteiger partial charge in [-0.3, -0.25) is 4.21 Å². The summed E-state index contributed by atoms with van der Waals surface area (Å²) >= 11 is 5.70. The van der Waals surface area contributed by atoms with Crippen LogP contribution in [0, 0.1) is 5.82 Å². The molecule has 0 bridgehead atoms. The topological polar surface area (TPSA) is 89.3 Å². The van der Waals surface area contributed by atoms with Crippen molar-refractivity contribution in [1.29, 1.82) is 0 Å². The Balaban J connectivity index is 3.07. The molecular formula is C10H14ClFN2O3S2. The molecule has 2 atom stereocenters. The normalized spacial score (nSPS) is 15.2. The van der Waals surface area contributed by atoms with Crippen molar-refractivity contribution in [3.05, 3.63) is 23.0 Å². The zero-order valence-electron chi connectivity index (χ0n) is 10.3. The second-order valence-electron chi connectivity index (χ2n) is 4.07. The standard InChI is InChI=1S/C10H14ClFN2O3S2/c1-6(5-18(2)15)14-19(16,17)10-4-9(13)8(12)3-7(10)11/h3-4,6,14H,5,13H2,1-2H3. The molecule has 2 unspecified atom stereocenters. The predicted octanol–water partition coefficient (Wildman–Crippen LogP) is 1.11. The Labute approximate surface area is 118 Å². The van der Waals surface area contributed by atoms with Crippen LogP contribution in [0.3, 0.4) is 0 Å². The van der Waals surface area contributed by atoms with E-state index >= 15 is 0 Å². The number of anilines is 1. The monoisotopic (exact) mass is 328 g/mol. The molecule has 0 aliphatic carbocycles. The minimum atomic E-state index is -3.94. The summed E-state index contributed by atoms with van der Waals surface area (Å²) in [5, 5.41) is -0.260. The summed E-state index contributed by atoms with van der Waals surface area (Å²) in [7, 11) is -5.08. The van der Waals surface area contributed by atoms with E-state index in [4.69, 9.17) is 17.3 Å². The zero-order valence-corrected chi connectivity index (χ0v) is 12.7. The van der Waals surface area contributed by atoms with Crippen LogP contribution in [0.25, 0.3) is 0 Å². The first-order chi connectivity index (χ1) is 8.63. The maximum absolute atomic E-state index is 13.1. The molecule has 0 amide bonds. The molecule has 0 saturated heterocycles. The molecule has 0 saturated carbocycles. The largest absolute Gasteiger partial charge is 0.396 e. The first kappa shape index (κ1) is 16.4. The van der Waals surface area contributed by atoms with Gasteiger partial charge < -0.3 is 5.73 Å². The van der Waals surface area contributed by atoms with Crippen LogP contribution in [-0.4, -0.2) is 30.7 Å². The molecule has 5 nitrogen and oxygen atoms in total. The van der Waals surface area contributed by atoms with E-state index < -0.39 is 32.7 Å². The van der Waals surface area contributed by atoms with Crippen LogP contribution < -0.4 is 10.5 Å². The highest BCUT2D eigenvalue weighted by Crippen LogP contribution is 2.26. The van der Waals surface area contributed by atoms with Crippen molar-refractivity contribution < 1.29 is 17.0 Å². The Morgan fingerprint density at radius 2 is 2.11 bits per heavy atom. The quantitative estimate of drug-likeness (QED) is 0.792. The van der Waals surface area contributed by atoms with Gasteiger partial charge in [0, 0.05) is 28.9 Å². The van der Waals surface area contributed by atoms with Crippen molar-refractivity contribution >= 4 is 38.1 Å². The van der Waals surface area contributed by atoms with E-state index in [1.807, 2.05) is 0 Å². The molecule has 9 heteroatoms. The van der Waals surface area contributed by atoms with Crippen molar-refractivity contribution in [3.63, 3.8) is 0 Å². The highest BCUT2D eigenvalue weighted by Gasteiger charge is 2.22. The maximum atomic E-state index is 13.1. The van der Waals surface area contributed by atoms with E-state index in [-0.39, 0.29) is 21.4 Å². The molecule has 108 valence electrons. The van der Waals surface area contributed by atoms with E-state index in [2.05, 4.69) is 4.72 Å². The van der Waals surface area contributed by atoms with Gasteiger partial charge in [0.05, 0.1) is 10.7 Å². The van der Waals surface area contributed by atoms with E-state index in [9.17, 15) is 17.0 Å². The Hall–Kier alpha value is -0.700. The Kier molecular flexibility index (Phi) is 5.31. The summed E-state index contributed by atoms with van der Waals surface area (Å²) in [6.45, 7) is 1.57. The summed E-state index contributed by atoms with van der Waals surface area (Å²) in [5.41, 5.74) is 5.01. The average Bonchev–Trinajstić information content (AvgIpc) is 2.20. The fraction of sp³-hybridized carbons (Fsp3) is 0.400. The summed E-state index contributed by atoms with van der Waals surface area (Å²) in [4.78, 5) is -0.304. The maximum Gasteiger partial charge on any atom is 0.242 e. The lowest BCUT2D eigenvalue weighted by Crippen LogP contribution is -2.36. The number of sulfonamides is 1. The first-order valence-electron chi connectivity index (χ1n) is 5.20. The lowest BCUT2D eigenvalue weighted by Gasteiger charge is -2.14. The van der Waals surface area contributed by atoms with Gasteiger partial charge in [0.25, 0.3) is 0 Å². The number of nitrogens with two attached hydrogens (primary N) is 1. The van der Waals surface area contributed by atoms with Gasteiger partial charge in [-0.2, -0.15) is 0 Å². The third kappa shape index (κ3) is 4.41.